The summed E-state index contributed by atoms with van der Waals surface area (Å²) >= 11 is 0. The molecule has 1 fully saturated rings. The summed E-state index contributed by atoms with van der Waals surface area (Å²) in [6.45, 7) is 1.77. The zero-order chi connectivity index (χ0) is 15.4. The number of carbonyl (C=O) groups excluding carboxylic acids is 1. The van der Waals surface area contributed by atoms with Crippen LogP contribution in [0, 0.1) is 0 Å². The molecule has 1 aromatic rings. The number of amides is 2. The summed E-state index contributed by atoms with van der Waals surface area (Å²) in [6.07, 6.45) is 1.79. The minimum atomic E-state index is -1.21. The fourth-order valence-corrected chi connectivity index (χ4v) is 2.36. The molecule has 7 heteroatoms. The van der Waals surface area contributed by atoms with Crippen molar-refractivity contribution < 1.29 is 19.8 Å². The molecule has 1 saturated heterocycles. The van der Waals surface area contributed by atoms with Gasteiger partial charge >= 0.3 is 12.0 Å². The Kier molecular flexibility index (Phi) is 4.64. The van der Waals surface area contributed by atoms with E-state index in [-0.39, 0.29) is 23.4 Å². The van der Waals surface area contributed by atoms with Crippen LogP contribution in [0.4, 0.5) is 10.5 Å². The van der Waals surface area contributed by atoms with Gasteiger partial charge in [0.05, 0.1) is 0 Å². The third-order valence-electron chi connectivity index (χ3n) is 3.66. The standard InChI is InChI=1S/C14H19N3O4/c1-17(10-4-6-15-7-5-10)14(21)16-9-2-3-11(13(19)20)12(18)8-9/h2-3,8,10,15,18H,4-7H2,1H3,(H,16,21)(H,19,20). The predicted octanol–water partition coefficient (Wildman–Crippen LogP) is 1.31. The van der Waals surface area contributed by atoms with Gasteiger partial charge in [0.2, 0.25) is 0 Å². The highest BCUT2D eigenvalue weighted by atomic mass is 16.4. The highest BCUT2D eigenvalue weighted by Gasteiger charge is 2.22. The van der Waals surface area contributed by atoms with E-state index in [1.165, 1.54) is 18.2 Å². The molecule has 0 aliphatic carbocycles. The fraction of sp³-hybridized carbons (Fsp3) is 0.429. The normalized spacial score (nSPS) is 15.5. The first-order valence-corrected chi connectivity index (χ1v) is 6.80. The van der Waals surface area contributed by atoms with Crippen LogP contribution in [0.2, 0.25) is 0 Å². The largest absolute Gasteiger partial charge is 0.507 e. The van der Waals surface area contributed by atoms with E-state index in [0.717, 1.165) is 25.9 Å². The number of nitrogens with one attached hydrogen (secondary N) is 2. The van der Waals surface area contributed by atoms with Gasteiger partial charge in [-0.05, 0) is 38.1 Å². The van der Waals surface area contributed by atoms with E-state index in [0.29, 0.717) is 5.69 Å². The number of hydrogen-bond acceptors (Lipinski definition) is 4. The number of aromatic carboxylic acids is 1. The van der Waals surface area contributed by atoms with E-state index in [4.69, 9.17) is 5.11 Å². The van der Waals surface area contributed by atoms with Crippen molar-refractivity contribution in [2.24, 2.45) is 0 Å². The molecule has 114 valence electrons. The van der Waals surface area contributed by atoms with Crippen LogP contribution in [0.25, 0.3) is 0 Å². The number of carboxylic acid groups (broad SMARTS) is 1. The minimum Gasteiger partial charge on any atom is -0.507 e. The molecule has 0 unspecified atom stereocenters. The lowest BCUT2D eigenvalue weighted by molar-refractivity contribution is 0.0694. The van der Waals surface area contributed by atoms with Crippen LogP contribution in [-0.4, -0.2) is 53.3 Å². The second kappa shape index (κ2) is 6.45. The van der Waals surface area contributed by atoms with Gasteiger partial charge in [0, 0.05) is 24.8 Å². The second-order valence-corrected chi connectivity index (χ2v) is 5.06. The van der Waals surface area contributed by atoms with Gasteiger partial charge in [-0.25, -0.2) is 9.59 Å². The molecule has 1 aliphatic rings. The number of aromatic hydroxyl groups is 1. The minimum absolute atomic E-state index is 0.179. The van der Waals surface area contributed by atoms with E-state index in [9.17, 15) is 14.7 Å². The summed E-state index contributed by atoms with van der Waals surface area (Å²) in [6, 6.07) is 3.86. The number of phenols is 1. The molecule has 2 amide bonds. The number of carboxylic acids is 1. The van der Waals surface area contributed by atoms with Crippen LogP contribution in [0.5, 0.6) is 5.75 Å². The number of piperidine rings is 1. The Bertz CT molecular complexity index is 541. The van der Waals surface area contributed by atoms with E-state index in [2.05, 4.69) is 10.6 Å². The van der Waals surface area contributed by atoms with Crippen LogP contribution in [-0.2, 0) is 0 Å². The van der Waals surface area contributed by atoms with Gasteiger partial charge in [0.15, 0.2) is 0 Å². The number of nitrogens with zero attached hydrogens (tertiary/aromatic N) is 1. The number of benzene rings is 1. The molecule has 21 heavy (non-hydrogen) atoms. The van der Waals surface area contributed by atoms with Crippen molar-refractivity contribution >= 4 is 17.7 Å². The molecule has 0 atom stereocenters. The van der Waals surface area contributed by atoms with Crippen molar-refractivity contribution in [2.45, 2.75) is 18.9 Å². The molecule has 7 nitrogen and oxygen atoms in total. The Morgan fingerprint density at radius 3 is 2.57 bits per heavy atom. The van der Waals surface area contributed by atoms with E-state index >= 15 is 0 Å². The maximum Gasteiger partial charge on any atom is 0.339 e. The number of hydrogen-bond donors (Lipinski definition) is 4. The molecular formula is C14H19N3O4. The molecule has 2 rings (SSSR count). The average Bonchev–Trinajstić information content (AvgIpc) is 2.47. The molecule has 4 N–H and O–H groups in total. The topological polar surface area (TPSA) is 102 Å². The zero-order valence-electron chi connectivity index (χ0n) is 11.8. The van der Waals surface area contributed by atoms with Crippen LogP contribution < -0.4 is 10.6 Å². The molecule has 1 heterocycles. The van der Waals surface area contributed by atoms with E-state index in [1.807, 2.05) is 0 Å². The summed E-state index contributed by atoms with van der Waals surface area (Å²) < 4.78 is 0. The van der Waals surface area contributed by atoms with Crippen LogP contribution in [0.15, 0.2) is 18.2 Å². The Morgan fingerprint density at radius 2 is 2.00 bits per heavy atom. The quantitative estimate of drug-likeness (QED) is 0.673. The van der Waals surface area contributed by atoms with Crippen molar-refractivity contribution in [3.63, 3.8) is 0 Å². The summed E-state index contributed by atoms with van der Waals surface area (Å²) in [4.78, 5) is 24.6. The Labute approximate surface area is 122 Å². The van der Waals surface area contributed by atoms with Crippen molar-refractivity contribution in [1.29, 1.82) is 0 Å². The first kappa shape index (κ1) is 15.1. The van der Waals surface area contributed by atoms with Crippen molar-refractivity contribution in [3.05, 3.63) is 23.8 Å². The molecule has 1 aliphatic heterocycles. The van der Waals surface area contributed by atoms with Gasteiger partial charge < -0.3 is 25.7 Å². The Balaban J connectivity index is 2.01. The molecule has 1 aromatic carbocycles. The van der Waals surface area contributed by atoms with Crippen molar-refractivity contribution in [1.82, 2.24) is 10.2 Å². The molecule has 0 radical (unpaired) electrons. The van der Waals surface area contributed by atoms with Gasteiger partial charge in [-0.2, -0.15) is 0 Å². The lowest BCUT2D eigenvalue weighted by Gasteiger charge is -2.31. The maximum atomic E-state index is 12.1. The van der Waals surface area contributed by atoms with E-state index < -0.39 is 5.97 Å². The van der Waals surface area contributed by atoms with E-state index in [1.54, 1.807) is 11.9 Å². The molecule has 0 aromatic heterocycles. The van der Waals surface area contributed by atoms with Gasteiger partial charge in [-0.15, -0.1) is 0 Å². The third-order valence-corrected chi connectivity index (χ3v) is 3.66. The third kappa shape index (κ3) is 3.63. The number of urea groups is 1. The summed E-state index contributed by atoms with van der Waals surface area (Å²) in [5.74, 6) is -1.58. The first-order valence-electron chi connectivity index (χ1n) is 6.80. The number of carbonyl (C=O) groups is 2. The van der Waals surface area contributed by atoms with Crippen LogP contribution >= 0.6 is 0 Å². The van der Waals surface area contributed by atoms with Crippen LogP contribution in [0.3, 0.4) is 0 Å². The summed E-state index contributed by atoms with van der Waals surface area (Å²) in [5, 5.41) is 24.3. The number of rotatable bonds is 3. The highest BCUT2D eigenvalue weighted by molar-refractivity contribution is 5.94. The van der Waals surface area contributed by atoms with Gasteiger partial charge in [0.25, 0.3) is 0 Å². The highest BCUT2D eigenvalue weighted by Crippen LogP contribution is 2.22. The summed E-state index contributed by atoms with van der Waals surface area (Å²) in [7, 11) is 1.73. The lowest BCUT2D eigenvalue weighted by atomic mass is 10.1. The molecule has 0 bridgehead atoms. The molecule has 0 spiro atoms. The molecule has 0 saturated carbocycles. The average molecular weight is 293 g/mol. The number of anilines is 1. The Hall–Kier alpha value is -2.28. The fourth-order valence-electron chi connectivity index (χ4n) is 2.36. The zero-order valence-corrected chi connectivity index (χ0v) is 11.8. The van der Waals surface area contributed by atoms with Gasteiger partial charge in [-0.3, -0.25) is 0 Å². The summed E-state index contributed by atoms with van der Waals surface area (Å²) in [5.41, 5.74) is 0.169. The smallest absolute Gasteiger partial charge is 0.339 e. The monoisotopic (exact) mass is 293 g/mol. The van der Waals surface area contributed by atoms with Gasteiger partial charge in [-0.1, -0.05) is 0 Å². The Morgan fingerprint density at radius 1 is 1.33 bits per heavy atom. The van der Waals surface area contributed by atoms with Crippen molar-refractivity contribution in [3.8, 4) is 5.75 Å². The van der Waals surface area contributed by atoms with Gasteiger partial charge in [0.1, 0.15) is 11.3 Å². The SMILES string of the molecule is CN(C(=O)Nc1ccc(C(=O)O)c(O)c1)C1CCNCC1. The maximum absolute atomic E-state index is 12.1. The lowest BCUT2D eigenvalue weighted by Crippen LogP contribution is -2.45. The first-order chi connectivity index (χ1) is 9.99. The molecular weight excluding hydrogens is 274 g/mol. The van der Waals surface area contributed by atoms with Crippen molar-refractivity contribution in [2.75, 3.05) is 25.5 Å². The second-order valence-electron chi connectivity index (χ2n) is 5.06. The predicted molar refractivity (Wildman–Crippen MR) is 77.7 cm³/mol. The van der Waals surface area contributed by atoms with Crippen LogP contribution in [0.1, 0.15) is 23.2 Å².